The molecule has 2 heteroatoms. The first-order valence-electron chi connectivity index (χ1n) is 6.74. The molecular weight excluding hydrogens is 246 g/mol. The van der Waals surface area contributed by atoms with Gasteiger partial charge in [-0.25, -0.2) is 0 Å². The van der Waals surface area contributed by atoms with Gasteiger partial charge in [-0.1, -0.05) is 42.5 Å². The average molecular weight is 261 g/mol. The van der Waals surface area contributed by atoms with Crippen LogP contribution in [0.5, 0.6) is 0 Å². The lowest BCUT2D eigenvalue weighted by Crippen LogP contribution is -1.95. The second-order valence-corrected chi connectivity index (χ2v) is 4.99. The predicted molar refractivity (Wildman–Crippen MR) is 78.9 cm³/mol. The molecule has 0 aromatic heterocycles. The van der Waals surface area contributed by atoms with Gasteiger partial charge in [0.15, 0.2) is 0 Å². The van der Waals surface area contributed by atoms with Gasteiger partial charge in [-0.05, 0) is 46.2 Å². The average Bonchev–Trinajstić information content (AvgIpc) is 2.65. The Balaban J connectivity index is 2.23. The molecule has 2 aromatic carbocycles. The third-order valence-corrected chi connectivity index (χ3v) is 3.82. The highest BCUT2D eigenvalue weighted by Gasteiger charge is 2.17. The summed E-state index contributed by atoms with van der Waals surface area (Å²) >= 11 is 0. The number of benzene rings is 2. The topological polar surface area (TPSA) is 44.0 Å². The largest absolute Gasteiger partial charge is 0.392 e. The zero-order chi connectivity index (χ0) is 13.9. The van der Waals surface area contributed by atoms with Gasteiger partial charge >= 0.3 is 0 Å². The van der Waals surface area contributed by atoms with Gasteiger partial charge in [-0.3, -0.25) is 0 Å². The summed E-state index contributed by atoms with van der Waals surface area (Å²) in [7, 11) is 0. The van der Waals surface area contributed by atoms with Crippen LogP contribution in [0.25, 0.3) is 5.57 Å². The molecule has 0 unspecified atom stereocenters. The normalized spacial score (nSPS) is 15.1. The van der Waals surface area contributed by atoms with Crippen molar-refractivity contribution in [3.05, 3.63) is 76.4 Å². The molecule has 0 atom stereocenters. The minimum Gasteiger partial charge on any atom is -0.392 e. The van der Waals surface area contributed by atoms with Crippen LogP contribution < -0.4 is 0 Å². The smallest absolute Gasteiger partial charge is 0.0918 e. The van der Waals surface area contributed by atoms with Gasteiger partial charge < -0.3 is 5.11 Å². The highest BCUT2D eigenvalue weighted by Crippen LogP contribution is 2.33. The van der Waals surface area contributed by atoms with E-state index < -0.39 is 0 Å². The lowest BCUT2D eigenvalue weighted by Gasteiger charge is -2.11. The molecule has 0 heterocycles. The van der Waals surface area contributed by atoms with Gasteiger partial charge in [-0.15, -0.1) is 0 Å². The van der Waals surface area contributed by atoms with Gasteiger partial charge in [0.25, 0.3) is 0 Å². The van der Waals surface area contributed by atoms with E-state index in [1.54, 1.807) is 6.08 Å². The maximum atomic E-state index is 9.29. The van der Waals surface area contributed by atoms with Crippen molar-refractivity contribution in [2.75, 3.05) is 0 Å². The van der Waals surface area contributed by atoms with Crippen molar-refractivity contribution >= 4 is 5.57 Å². The Bertz CT molecular complexity index is 722. The molecular formula is C18H15NO. The third kappa shape index (κ3) is 2.13. The van der Waals surface area contributed by atoms with Crippen molar-refractivity contribution in [3.8, 4) is 6.07 Å². The van der Waals surface area contributed by atoms with Crippen LogP contribution in [0.15, 0.2) is 48.5 Å². The molecule has 0 fully saturated rings. The maximum Gasteiger partial charge on any atom is 0.0918 e. The monoisotopic (exact) mass is 261 g/mol. The van der Waals surface area contributed by atoms with E-state index in [9.17, 15) is 5.11 Å². The van der Waals surface area contributed by atoms with Gasteiger partial charge in [0.05, 0.1) is 12.7 Å². The summed E-state index contributed by atoms with van der Waals surface area (Å²) in [5, 5.41) is 18.4. The van der Waals surface area contributed by atoms with Crippen molar-refractivity contribution in [1.29, 1.82) is 5.26 Å². The molecule has 0 spiro atoms. The summed E-state index contributed by atoms with van der Waals surface area (Å²) in [6.45, 7) is 0.0531. The second-order valence-electron chi connectivity index (χ2n) is 4.99. The van der Waals surface area contributed by atoms with Crippen molar-refractivity contribution in [1.82, 2.24) is 0 Å². The first-order valence-corrected chi connectivity index (χ1v) is 6.74. The molecule has 2 nitrogen and oxygen atoms in total. The number of aryl methyl sites for hydroxylation is 2. The molecule has 2 aromatic rings. The highest BCUT2D eigenvalue weighted by atomic mass is 16.3. The molecule has 0 saturated heterocycles. The van der Waals surface area contributed by atoms with E-state index in [0.717, 1.165) is 35.1 Å². The van der Waals surface area contributed by atoms with E-state index in [1.807, 2.05) is 30.3 Å². The van der Waals surface area contributed by atoms with Gasteiger partial charge in [0.1, 0.15) is 0 Å². The fourth-order valence-corrected chi connectivity index (χ4v) is 2.85. The Morgan fingerprint density at radius 3 is 2.60 bits per heavy atom. The van der Waals surface area contributed by atoms with Crippen molar-refractivity contribution in [2.24, 2.45) is 0 Å². The highest BCUT2D eigenvalue weighted by molar-refractivity contribution is 5.85. The Morgan fingerprint density at radius 2 is 1.80 bits per heavy atom. The number of hydrogen-bond donors (Lipinski definition) is 1. The Kier molecular flexibility index (Phi) is 3.37. The summed E-state index contributed by atoms with van der Waals surface area (Å²) in [4.78, 5) is 0. The molecule has 0 saturated carbocycles. The number of nitriles is 1. The number of hydrogen-bond acceptors (Lipinski definition) is 2. The molecule has 1 N–H and O–H groups in total. The number of aliphatic hydroxyl groups is 1. The van der Waals surface area contributed by atoms with E-state index in [-0.39, 0.29) is 6.61 Å². The quantitative estimate of drug-likeness (QED) is 0.801. The summed E-state index contributed by atoms with van der Waals surface area (Å²) in [6.07, 6.45) is 3.52. The molecule has 3 rings (SSSR count). The zero-order valence-corrected chi connectivity index (χ0v) is 11.1. The fourth-order valence-electron chi connectivity index (χ4n) is 2.85. The van der Waals surface area contributed by atoms with Gasteiger partial charge in [0.2, 0.25) is 0 Å². The number of rotatable bonds is 1. The minimum atomic E-state index is 0.0531. The standard InChI is InChI=1S/C18H15NO/c19-10-9-18-16-4-2-1-3-14(16)6-7-15-11-13(12-20)5-8-17(15)18/h1-5,8-9,11,20H,6-7,12H2/b18-9+. The molecule has 1 aliphatic carbocycles. The molecule has 0 amide bonds. The van der Waals surface area contributed by atoms with Crippen molar-refractivity contribution < 1.29 is 5.11 Å². The molecule has 98 valence electrons. The van der Waals surface area contributed by atoms with Gasteiger partial charge in [0, 0.05) is 6.08 Å². The fraction of sp³-hybridized carbons (Fsp3) is 0.167. The third-order valence-electron chi connectivity index (χ3n) is 3.82. The molecule has 1 aliphatic rings. The lowest BCUT2D eigenvalue weighted by atomic mass is 9.93. The van der Waals surface area contributed by atoms with E-state index in [4.69, 9.17) is 5.26 Å². The molecule has 20 heavy (non-hydrogen) atoms. The van der Waals surface area contributed by atoms with E-state index in [0.29, 0.717) is 0 Å². The maximum absolute atomic E-state index is 9.29. The summed E-state index contributed by atoms with van der Waals surface area (Å²) in [6, 6.07) is 16.4. The van der Waals surface area contributed by atoms with Crippen LogP contribution in [-0.2, 0) is 19.4 Å². The summed E-state index contributed by atoms with van der Waals surface area (Å²) in [5.74, 6) is 0. The zero-order valence-electron chi connectivity index (χ0n) is 11.1. The first-order chi connectivity index (χ1) is 9.83. The molecule has 0 aliphatic heterocycles. The van der Waals surface area contributed by atoms with E-state index in [2.05, 4.69) is 18.2 Å². The summed E-state index contributed by atoms with van der Waals surface area (Å²) in [5.41, 5.74) is 6.63. The van der Waals surface area contributed by atoms with Crippen LogP contribution in [-0.4, -0.2) is 5.11 Å². The van der Waals surface area contributed by atoms with E-state index >= 15 is 0 Å². The Labute approximate surface area is 118 Å². The number of aliphatic hydroxyl groups excluding tert-OH is 1. The Hall–Kier alpha value is -2.37. The Morgan fingerprint density at radius 1 is 1.05 bits per heavy atom. The van der Waals surface area contributed by atoms with Crippen LogP contribution in [0.3, 0.4) is 0 Å². The van der Waals surface area contributed by atoms with Gasteiger partial charge in [-0.2, -0.15) is 5.26 Å². The van der Waals surface area contributed by atoms with Crippen molar-refractivity contribution in [3.63, 3.8) is 0 Å². The van der Waals surface area contributed by atoms with E-state index in [1.165, 1.54) is 11.1 Å². The van der Waals surface area contributed by atoms with Crippen LogP contribution in [0.1, 0.15) is 27.8 Å². The van der Waals surface area contributed by atoms with Crippen LogP contribution >= 0.6 is 0 Å². The lowest BCUT2D eigenvalue weighted by molar-refractivity contribution is 0.281. The van der Waals surface area contributed by atoms with Crippen molar-refractivity contribution in [2.45, 2.75) is 19.4 Å². The first kappa shape index (κ1) is 12.7. The number of allylic oxidation sites excluding steroid dienone is 1. The SMILES string of the molecule is N#C/C=C1\c2ccccc2CCc2cc(CO)ccc21. The number of fused-ring (bicyclic) bond motifs is 2. The predicted octanol–water partition coefficient (Wildman–Crippen LogP) is 3.23. The van der Waals surface area contributed by atoms with Crippen LogP contribution in [0.4, 0.5) is 0 Å². The second kappa shape index (κ2) is 5.32. The minimum absolute atomic E-state index is 0.0531. The molecule has 0 bridgehead atoms. The molecule has 0 radical (unpaired) electrons. The number of nitrogens with zero attached hydrogens (tertiary/aromatic N) is 1. The van der Waals surface area contributed by atoms with Crippen LogP contribution in [0.2, 0.25) is 0 Å². The van der Waals surface area contributed by atoms with Crippen LogP contribution in [0, 0.1) is 11.3 Å². The summed E-state index contributed by atoms with van der Waals surface area (Å²) < 4.78 is 0.